The molecule has 1 aliphatic rings. The second kappa shape index (κ2) is 5.63. The van der Waals surface area contributed by atoms with Crippen molar-refractivity contribution in [2.24, 2.45) is 5.92 Å². The highest BCUT2D eigenvalue weighted by molar-refractivity contribution is 5.15. The number of aliphatic hydroxyl groups excluding tert-OH is 2. The number of hydrogen-bond acceptors (Lipinski definition) is 3. The van der Waals surface area contributed by atoms with Gasteiger partial charge in [-0.1, -0.05) is 37.3 Å². The monoisotopic (exact) mass is 235 g/mol. The predicted molar refractivity (Wildman–Crippen MR) is 67.5 cm³/mol. The molecule has 94 valence electrons. The fourth-order valence-electron chi connectivity index (χ4n) is 2.82. The minimum absolute atomic E-state index is 0.171. The Hall–Kier alpha value is -0.900. The molecule has 3 nitrogen and oxygen atoms in total. The predicted octanol–water partition coefficient (Wildman–Crippen LogP) is 1.25. The van der Waals surface area contributed by atoms with E-state index in [1.54, 1.807) is 0 Å². The Balaban J connectivity index is 2.11. The summed E-state index contributed by atoms with van der Waals surface area (Å²) in [5, 5.41) is 18.9. The van der Waals surface area contributed by atoms with Crippen molar-refractivity contribution in [1.29, 1.82) is 0 Å². The first-order chi connectivity index (χ1) is 8.26. The van der Waals surface area contributed by atoms with Gasteiger partial charge in [0.25, 0.3) is 0 Å². The van der Waals surface area contributed by atoms with Gasteiger partial charge in [0.2, 0.25) is 0 Å². The molecule has 1 saturated heterocycles. The number of aliphatic hydroxyl groups is 2. The summed E-state index contributed by atoms with van der Waals surface area (Å²) in [5.74, 6) is 0.445. The first-order valence-electron chi connectivity index (χ1n) is 6.27. The lowest BCUT2D eigenvalue weighted by molar-refractivity contribution is 0.0830. The Morgan fingerprint density at radius 2 is 1.88 bits per heavy atom. The average Bonchev–Trinajstić information content (AvgIpc) is 2.66. The summed E-state index contributed by atoms with van der Waals surface area (Å²) in [7, 11) is 0. The van der Waals surface area contributed by atoms with E-state index in [1.807, 2.05) is 18.2 Å². The molecule has 0 saturated carbocycles. The van der Waals surface area contributed by atoms with E-state index < -0.39 is 0 Å². The summed E-state index contributed by atoms with van der Waals surface area (Å²) in [5.41, 5.74) is 1.23. The molecule has 3 heteroatoms. The van der Waals surface area contributed by atoms with Gasteiger partial charge in [0.05, 0.1) is 13.2 Å². The molecule has 3 atom stereocenters. The van der Waals surface area contributed by atoms with Crippen LogP contribution in [0.2, 0.25) is 0 Å². The van der Waals surface area contributed by atoms with Crippen molar-refractivity contribution in [2.45, 2.75) is 32.0 Å². The van der Waals surface area contributed by atoms with Crippen molar-refractivity contribution in [1.82, 2.24) is 4.90 Å². The van der Waals surface area contributed by atoms with Gasteiger partial charge >= 0.3 is 0 Å². The highest BCUT2D eigenvalue weighted by Gasteiger charge is 2.37. The van der Waals surface area contributed by atoms with Crippen molar-refractivity contribution in [3.8, 4) is 0 Å². The lowest BCUT2D eigenvalue weighted by Crippen LogP contribution is -2.40. The van der Waals surface area contributed by atoms with E-state index in [9.17, 15) is 10.2 Å². The second-order valence-corrected chi connectivity index (χ2v) is 4.96. The van der Waals surface area contributed by atoms with E-state index in [4.69, 9.17) is 0 Å². The fraction of sp³-hybridized carbons (Fsp3) is 0.571. The van der Waals surface area contributed by atoms with Crippen molar-refractivity contribution < 1.29 is 10.2 Å². The quantitative estimate of drug-likeness (QED) is 0.825. The molecule has 1 heterocycles. The molecule has 1 fully saturated rings. The van der Waals surface area contributed by atoms with Crippen molar-refractivity contribution in [3.63, 3.8) is 0 Å². The third-order valence-corrected chi connectivity index (χ3v) is 3.80. The third kappa shape index (κ3) is 2.68. The molecule has 2 rings (SSSR count). The van der Waals surface area contributed by atoms with Gasteiger partial charge in [0.15, 0.2) is 0 Å². The highest BCUT2D eigenvalue weighted by Crippen LogP contribution is 2.30. The third-order valence-electron chi connectivity index (χ3n) is 3.80. The minimum Gasteiger partial charge on any atom is -0.395 e. The van der Waals surface area contributed by atoms with Gasteiger partial charge in [-0.15, -0.1) is 0 Å². The maximum absolute atomic E-state index is 9.47. The first-order valence-corrected chi connectivity index (χ1v) is 6.27. The summed E-state index contributed by atoms with van der Waals surface area (Å²) in [6, 6.07) is 10.6. The van der Waals surface area contributed by atoms with E-state index in [-0.39, 0.29) is 25.3 Å². The van der Waals surface area contributed by atoms with E-state index in [0.29, 0.717) is 5.92 Å². The Morgan fingerprint density at radius 1 is 1.18 bits per heavy atom. The van der Waals surface area contributed by atoms with Crippen LogP contribution in [-0.2, 0) is 6.54 Å². The first kappa shape index (κ1) is 12.6. The molecule has 0 bridgehead atoms. The topological polar surface area (TPSA) is 43.7 Å². The largest absolute Gasteiger partial charge is 0.395 e. The molecule has 0 aromatic heterocycles. The Bertz CT molecular complexity index is 341. The van der Waals surface area contributed by atoms with Crippen LogP contribution >= 0.6 is 0 Å². The van der Waals surface area contributed by atoms with Gasteiger partial charge in [0, 0.05) is 18.6 Å². The maximum atomic E-state index is 9.47. The number of likely N-dealkylation sites (tertiary alicyclic amines) is 1. The molecule has 1 aromatic carbocycles. The number of rotatable bonds is 4. The molecule has 17 heavy (non-hydrogen) atoms. The zero-order valence-electron chi connectivity index (χ0n) is 10.3. The summed E-state index contributed by atoms with van der Waals surface area (Å²) in [6.07, 6.45) is 0.967. The van der Waals surface area contributed by atoms with Crippen molar-refractivity contribution in [2.75, 3.05) is 13.2 Å². The van der Waals surface area contributed by atoms with Crippen LogP contribution in [0.5, 0.6) is 0 Å². The van der Waals surface area contributed by atoms with Gasteiger partial charge in [0.1, 0.15) is 0 Å². The van der Waals surface area contributed by atoms with Crippen LogP contribution in [-0.4, -0.2) is 40.4 Å². The van der Waals surface area contributed by atoms with Gasteiger partial charge in [-0.3, -0.25) is 4.90 Å². The fourth-order valence-corrected chi connectivity index (χ4v) is 2.82. The molecule has 1 aromatic rings. The van der Waals surface area contributed by atoms with Crippen LogP contribution in [0.15, 0.2) is 30.3 Å². The maximum Gasteiger partial charge on any atom is 0.0589 e. The number of nitrogens with zero attached hydrogens (tertiary/aromatic N) is 1. The standard InChI is InChI=1S/C14H21NO2/c1-11-7-13(9-16)15(14(11)10-17)8-12-5-3-2-4-6-12/h2-6,11,13-14,16-17H,7-10H2,1H3/t11-,13+,14-/m1/s1. The molecule has 0 radical (unpaired) electrons. The molecule has 2 N–H and O–H groups in total. The molecular weight excluding hydrogens is 214 g/mol. The van der Waals surface area contributed by atoms with E-state index in [0.717, 1.165) is 13.0 Å². The van der Waals surface area contributed by atoms with Crippen LogP contribution < -0.4 is 0 Å². The van der Waals surface area contributed by atoms with Gasteiger partial charge in [-0.25, -0.2) is 0 Å². The lowest BCUT2D eigenvalue weighted by Gasteiger charge is -2.29. The summed E-state index contributed by atoms with van der Waals surface area (Å²) in [4.78, 5) is 2.24. The SMILES string of the molecule is C[C@@H]1C[C@@H](CO)N(Cc2ccccc2)[C@@H]1CO. The van der Waals surface area contributed by atoms with Crippen LogP contribution in [0.1, 0.15) is 18.9 Å². The summed E-state index contributed by atoms with van der Waals surface area (Å²) in [6.45, 7) is 3.30. The van der Waals surface area contributed by atoms with Gasteiger partial charge in [-0.2, -0.15) is 0 Å². The molecule has 1 aliphatic heterocycles. The van der Waals surface area contributed by atoms with Crippen LogP contribution in [0.3, 0.4) is 0 Å². The zero-order valence-corrected chi connectivity index (χ0v) is 10.3. The molecule has 0 unspecified atom stereocenters. The van der Waals surface area contributed by atoms with Crippen LogP contribution in [0.25, 0.3) is 0 Å². The Morgan fingerprint density at radius 3 is 2.47 bits per heavy atom. The smallest absolute Gasteiger partial charge is 0.0589 e. The second-order valence-electron chi connectivity index (χ2n) is 4.96. The molecule has 0 amide bonds. The van der Waals surface area contributed by atoms with Crippen molar-refractivity contribution >= 4 is 0 Å². The zero-order chi connectivity index (χ0) is 12.3. The van der Waals surface area contributed by atoms with Gasteiger partial charge in [-0.05, 0) is 17.9 Å². The Labute approximate surface area is 103 Å². The number of hydrogen-bond donors (Lipinski definition) is 2. The highest BCUT2D eigenvalue weighted by atomic mass is 16.3. The lowest BCUT2D eigenvalue weighted by atomic mass is 10.0. The van der Waals surface area contributed by atoms with E-state index in [2.05, 4.69) is 24.0 Å². The number of benzene rings is 1. The van der Waals surface area contributed by atoms with Crippen LogP contribution in [0, 0.1) is 5.92 Å². The molecule has 0 aliphatic carbocycles. The van der Waals surface area contributed by atoms with E-state index >= 15 is 0 Å². The summed E-state index contributed by atoms with van der Waals surface area (Å²) < 4.78 is 0. The molecule has 0 spiro atoms. The summed E-state index contributed by atoms with van der Waals surface area (Å²) >= 11 is 0. The molecular formula is C14H21NO2. The average molecular weight is 235 g/mol. The van der Waals surface area contributed by atoms with Crippen LogP contribution in [0.4, 0.5) is 0 Å². The van der Waals surface area contributed by atoms with Crippen molar-refractivity contribution in [3.05, 3.63) is 35.9 Å². The normalized spacial score (nSPS) is 29.7. The minimum atomic E-state index is 0.171. The van der Waals surface area contributed by atoms with Gasteiger partial charge < -0.3 is 10.2 Å². The Kier molecular flexibility index (Phi) is 4.15. The van der Waals surface area contributed by atoms with E-state index in [1.165, 1.54) is 5.56 Å².